The highest BCUT2D eigenvalue weighted by molar-refractivity contribution is 8.14. The van der Waals surface area contributed by atoms with Crippen molar-refractivity contribution in [2.24, 2.45) is 5.73 Å². The number of aliphatic carboxylic acids is 1. The molecule has 166 valence electrons. The molecule has 1 unspecified atom stereocenters. The van der Waals surface area contributed by atoms with Gasteiger partial charge in [-0.1, -0.05) is 42.1 Å². The first-order valence-electron chi connectivity index (χ1n) is 9.44. The van der Waals surface area contributed by atoms with Crippen molar-refractivity contribution in [1.29, 1.82) is 0 Å². The number of carboxylic acid groups (broad SMARTS) is 1. The maximum Gasteiger partial charge on any atom is 0.352 e. The first-order valence-corrected chi connectivity index (χ1v) is 12.4. The Morgan fingerprint density at radius 3 is 2.72 bits per heavy atom. The third-order valence-electron chi connectivity index (χ3n) is 5.01. The fraction of sp³-hybridized carbons (Fsp3) is 0.250. The number of hydrogen-bond acceptors (Lipinski definition) is 9. The molecule has 2 aliphatic rings. The molecule has 3 atom stereocenters. The van der Waals surface area contributed by atoms with E-state index in [-0.39, 0.29) is 16.6 Å². The van der Waals surface area contributed by atoms with Gasteiger partial charge in [-0.05, 0) is 11.1 Å². The van der Waals surface area contributed by atoms with Gasteiger partial charge in [-0.15, -0.1) is 23.1 Å². The summed E-state index contributed by atoms with van der Waals surface area (Å²) in [5.41, 5.74) is 8.82. The van der Waals surface area contributed by atoms with Gasteiger partial charge in [0.25, 0.3) is 5.91 Å². The van der Waals surface area contributed by atoms with Crippen molar-refractivity contribution in [2.75, 3.05) is 11.5 Å². The lowest BCUT2D eigenvalue weighted by molar-refractivity contribution is -0.150. The average Bonchev–Trinajstić information content (AvgIpc) is 3.35. The maximum absolute atomic E-state index is 12.8. The number of nitrogens with zero attached hydrogens (tertiary/aromatic N) is 2. The molecule has 0 bridgehead atoms. The quantitative estimate of drug-likeness (QED) is 0.492. The maximum atomic E-state index is 12.8. The second kappa shape index (κ2) is 9.45. The number of β-lactam (4-membered cyclic amide) rings is 1. The third-order valence-corrected chi connectivity index (χ3v) is 7.90. The van der Waals surface area contributed by atoms with Crippen LogP contribution in [0.3, 0.4) is 0 Å². The van der Waals surface area contributed by atoms with Gasteiger partial charge in [-0.3, -0.25) is 19.3 Å². The summed E-state index contributed by atoms with van der Waals surface area (Å²) in [6.45, 7) is 0. The highest BCUT2D eigenvalue weighted by Gasteiger charge is 2.54. The number of carbonyl (C=O) groups is 4. The molecule has 0 radical (unpaired) electrons. The van der Waals surface area contributed by atoms with Gasteiger partial charge in [-0.25, -0.2) is 9.78 Å². The van der Waals surface area contributed by atoms with E-state index >= 15 is 0 Å². The van der Waals surface area contributed by atoms with Gasteiger partial charge in [0.15, 0.2) is 0 Å². The molecular weight excluding hydrogens is 472 g/mol. The number of thioether (sulfide) groups is 2. The van der Waals surface area contributed by atoms with Gasteiger partial charge in [0.05, 0.1) is 5.51 Å². The van der Waals surface area contributed by atoms with Gasteiger partial charge < -0.3 is 16.2 Å². The summed E-state index contributed by atoms with van der Waals surface area (Å²) in [6, 6.07) is 6.97. The number of carbonyl (C=O) groups excluding carboxylic acids is 3. The summed E-state index contributed by atoms with van der Waals surface area (Å²) < 4.78 is 0. The Bertz CT molecular complexity index is 1090. The molecule has 3 heterocycles. The highest BCUT2D eigenvalue weighted by Crippen LogP contribution is 2.41. The van der Waals surface area contributed by atoms with Crippen molar-refractivity contribution in [3.63, 3.8) is 0 Å². The van der Waals surface area contributed by atoms with Crippen LogP contribution in [0.15, 0.2) is 52.5 Å². The van der Waals surface area contributed by atoms with Crippen LogP contribution in [0.25, 0.3) is 0 Å². The lowest BCUT2D eigenvalue weighted by Crippen LogP contribution is -2.71. The molecule has 2 aliphatic heterocycles. The predicted molar refractivity (Wildman–Crippen MR) is 122 cm³/mol. The third kappa shape index (κ3) is 4.31. The van der Waals surface area contributed by atoms with Crippen molar-refractivity contribution in [1.82, 2.24) is 15.2 Å². The summed E-state index contributed by atoms with van der Waals surface area (Å²) >= 11 is 3.59. The van der Waals surface area contributed by atoms with E-state index in [1.165, 1.54) is 28.0 Å². The zero-order chi connectivity index (χ0) is 22.8. The fourth-order valence-electron chi connectivity index (χ4n) is 3.39. The number of hydrogen-bond donors (Lipinski definition) is 3. The normalized spacial score (nSPS) is 20.9. The number of amides is 2. The lowest BCUT2D eigenvalue weighted by Gasteiger charge is -2.49. The van der Waals surface area contributed by atoms with Crippen LogP contribution in [0.1, 0.15) is 22.1 Å². The van der Waals surface area contributed by atoms with E-state index in [0.29, 0.717) is 22.6 Å². The number of carboxylic acids is 1. The largest absolute Gasteiger partial charge is 0.477 e. The van der Waals surface area contributed by atoms with Crippen LogP contribution < -0.4 is 11.1 Å². The Morgan fingerprint density at radius 1 is 1.31 bits per heavy atom. The Labute approximate surface area is 195 Å². The van der Waals surface area contributed by atoms with Gasteiger partial charge in [-0.2, -0.15) is 0 Å². The monoisotopic (exact) mass is 490 g/mol. The number of thiazole rings is 1. The molecule has 4 rings (SSSR count). The van der Waals surface area contributed by atoms with Crippen LogP contribution in [-0.4, -0.2) is 60.8 Å². The zero-order valence-corrected chi connectivity index (χ0v) is 18.9. The molecular formula is C20H18N4O5S3. The second-order valence-corrected chi connectivity index (χ2v) is 9.76. The van der Waals surface area contributed by atoms with Crippen molar-refractivity contribution < 1.29 is 24.3 Å². The van der Waals surface area contributed by atoms with Crippen molar-refractivity contribution in [2.45, 2.75) is 17.5 Å². The van der Waals surface area contributed by atoms with E-state index in [1.807, 2.05) is 0 Å². The van der Waals surface area contributed by atoms with Crippen LogP contribution in [0, 0.1) is 0 Å². The minimum Gasteiger partial charge on any atom is -0.477 e. The minimum atomic E-state index is -1.24. The average molecular weight is 491 g/mol. The number of nitrogens with one attached hydrogen (secondary N) is 1. The molecule has 32 heavy (non-hydrogen) atoms. The van der Waals surface area contributed by atoms with E-state index in [0.717, 1.165) is 11.8 Å². The number of fused-ring (bicyclic) bond motifs is 1. The van der Waals surface area contributed by atoms with E-state index in [4.69, 9.17) is 5.73 Å². The molecule has 2 amide bonds. The van der Waals surface area contributed by atoms with Crippen LogP contribution in [-0.2, 0) is 14.4 Å². The van der Waals surface area contributed by atoms with Gasteiger partial charge in [0.2, 0.25) is 11.0 Å². The van der Waals surface area contributed by atoms with Crippen LogP contribution in [0.2, 0.25) is 0 Å². The van der Waals surface area contributed by atoms with E-state index in [9.17, 15) is 24.3 Å². The topological polar surface area (TPSA) is 143 Å². The van der Waals surface area contributed by atoms with Gasteiger partial charge in [0, 0.05) is 16.9 Å². The Hall–Kier alpha value is -2.67. The molecule has 9 nitrogen and oxygen atoms in total. The zero-order valence-electron chi connectivity index (χ0n) is 16.5. The smallest absolute Gasteiger partial charge is 0.352 e. The molecule has 1 saturated heterocycles. The Morgan fingerprint density at radius 2 is 2.06 bits per heavy atom. The van der Waals surface area contributed by atoms with E-state index in [2.05, 4.69) is 10.3 Å². The number of benzene rings is 1. The van der Waals surface area contributed by atoms with Crippen molar-refractivity contribution >= 4 is 57.8 Å². The molecule has 1 aromatic carbocycles. The summed E-state index contributed by atoms with van der Waals surface area (Å²) in [6.07, 6.45) is 0. The molecule has 1 aromatic heterocycles. The molecule has 12 heteroatoms. The SMILES string of the molecule is N[C@@H](C(=O)NC1C(=O)N2C(C(=O)O)=C(CSC(=O)c3cscn3)CS[C@H]12)c1ccccc1. The Kier molecular flexibility index (Phi) is 6.65. The van der Waals surface area contributed by atoms with Crippen LogP contribution in [0.4, 0.5) is 0 Å². The van der Waals surface area contributed by atoms with Crippen molar-refractivity contribution in [3.05, 3.63) is 63.7 Å². The molecule has 0 spiro atoms. The van der Waals surface area contributed by atoms with E-state index in [1.54, 1.807) is 41.2 Å². The number of rotatable bonds is 7. The molecule has 1 fully saturated rings. The fourth-order valence-corrected chi connectivity index (χ4v) is 6.27. The minimum absolute atomic E-state index is 0.129. The first-order chi connectivity index (χ1) is 15.4. The van der Waals surface area contributed by atoms with Gasteiger partial charge in [0.1, 0.15) is 28.8 Å². The molecule has 2 aromatic rings. The highest BCUT2D eigenvalue weighted by atomic mass is 32.2. The lowest BCUT2D eigenvalue weighted by atomic mass is 10.0. The summed E-state index contributed by atoms with van der Waals surface area (Å²) in [5, 5.41) is 13.2. The molecule has 4 N–H and O–H groups in total. The Balaban J connectivity index is 1.44. The molecule has 0 aliphatic carbocycles. The molecule has 0 saturated carbocycles. The van der Waals surface area contributed by atoms with E-state index < -0.39 is 35.2 Å². The van der Waals surface area contributed by atoms with Crippen LogP contribution >= 0.6 is 34.9 Å². The first kappa shape index (κ1) is 22.5. The number of nitrogens with two attached hydrogens (primary N) is 1. The van der Waals surface area contributed by atoms with Crippen LogP contribution in [0.5, 0.6) is 0 Å². The van der Waals surface area contributed by atoms with Gasteiger partial charge >= 0.3 is 5.97 Å². The predicted octanol–water partition coefficient (Wildman–Crippen LogP) is 1.46. The second-order valence-electron chi connectivity index (χ2n) is 6.99. The standard InChI is InChI=1S/C20H18N4O5S3/c21-13(10-4-2-1-3-5-10)16(25)23-14-17(26)24-15(19(27)28)11(6-31-18(14)24)7-32-20(29)12-8-30-9-22-12/h1-5,8-9,13-14,18H,6-7,21H2,(H,23,25)(H,27,28)/t13-,14?,18-/m1/s1. The summed E-state index contributed by atoms with van der Waals surface area (Å²) in [4.78, 5) is 54.5. The summed E-state index contributed by atoms with van der Waals surface area (Å²) in [5.74, 6) is -1.80. The van der Waals surface area contributed by atoms with Crippen molar-refractivity contribution in [3.8, 4) is 0 Å². The summed E-state index contributed by atoms with van der Waals surface area (Å²) in [7, 11) is 0. The number of aromatic nitrogens is 1.